The lowest BCUT2D eigenvalue weighted by molar-refractivity contribution is -0.172. The largest absolute Gasteiger partial charge is 0.459 e. The Kier molecular flexibility index (Phi) is 12.0. The van der Waals surface area contributed by atoms with Crippen molar-refractivity contribution < 1.29 is 23.4 Å². The van der Waals surface area contributed by atoms with Gasteiger partial charge in [-0.25, -0.2) is 0 Å². The number of ether oxygens (including phenoxy) is 3. The summed E-state index contributed by atoms with van der Waals surface area (Å²) in [6.45, 7) is 24.9. The number of esters is 1. The third-order valence-electron chi connectivity index (χ3n) is 6.79. The van der Waals surface area contributed by atoms with Gasteiger partial charge in [0, 0.05) is 6.42 Å². The van der Waals surface area contributed by atoms with Crippen LogP contribution in [-0.4, -0.2) is 44.5 Å². The van der Waals surface area contributed by atoms with Gasteiger partial charge in [-0.2, -0.15) is 0 Å². The standard InChI is InChI=1S/C27H50O5Si/c1-11-14-15-16-17-18-23(25-22(13-3)30-27(7,8)31-25)29-24(28)20-19-21(12-2)32-33(9,10)26(4,5)6/h12-13,21-23,25H,2-3,11,14-20H2,1,4-10H3/t21-,22+,23-,25+/m1/s1. The van der Waals surface area contributed by atoms with Crippen molar-refractivity contribution in [2.45, 2.75) is 141 Å². The molecule has 1 aliphatic rings. The highest BCUT2D eigenvalue weighted by Crippen LogP contribution is 2.38. The SMILES string of the molecule is C=C[C@H](CCC(=O)O[C@H](CCCCCCC)[C@H]1OC(C)(C)O[C@H]1C=C)O[Si](C)(C)C(C)(C)C. The molecule has 5 nitrogen and oxygen atoms in total. The molecule has 6 heteroatoms. The molecule has 0 aromatic heterocycles. The molecule has 0 bridgehead atoms. The van der Waals surface area contributed by atoms with Gasteiger partial charge >= 0.3 is 5.97 Å². The molecule has 33 heavy (non-hydrogen) atoms. The van der Waals surface area contributed by atoms with Gasteiger partial charge in [0.1, 0.15) is 18.3 Å². The molecule has 0 amide bonds. The van der Waals surface area contributed by atoms with Gasteiger partial charge in [0.25, 0.3) is 0 Å². The minimum absolute atomic E-state index is 0.101. The first kappa shape index (κ1) is 30.1. The van der Waals surface area contributed by atoms with E-state index in [9.17, 15) is 4.79 Å². The average molecular weight is 483 g/mol. The van der Waals surface area contributed by atoms with Gasteiger partial charge in [0.15, 0.2) is 14.1 Å². The predicted molar refractivity (Wildman–Crippen MR) is 139 cm³/mol. The van der Waals surface area contributed by atoms with Crippen molar-refractivity contribution >= 4 is 14.3 Å². The first-order valence-corrected chi connectivity index (χ1v) is 15.6. The summed E-state index contributed by atoms with van der Waals surface area (Å²) in [5, 5.41) is 0.101. The first-order chi connectivity index (χ1) is 15.3. The van der Waals surface area contributed by atoms with Crippen LogP contribution in [0.4, 0.5) is 0 Å². The zero-order valence-corrected chi connectivity index (χ0v) is 23.6. The second kappa shape index (κ2) is 13.2. The zero-order chi connectivity index (χ0) is 25.3. The van der Waals surface area contributed by atoms with Crippen LogP contribution < -0.4 is 0 Å². The Bertz CT molecular complexity index is 622. The summed E-state index contributed by atoms with van der Waals surface area (Å²) in [4.78, 5) is 12.9. The Hall–Kier alpha value is -0.953. The monoisotopic (exact) mass is 482 g/mol. The van der Waals surface area contributed by atoms with Crippen LogP contribution in [-0.2, 0) is 23.4 Å². The Morgan fingerprint density at radius 1 is 1.09 bits per heavy atom. The van der Waals surface area contributed by atoms with Crippen LogP contribution in [0.15, 0.2) is 25.3 Å². The lowest BCUT2D eigenvalue weighted by Gasteiger charge is -2.38. The maximum absolute atomic E-state index is 12.9. The van der Waals surface area contributed by atoms with Crippen LogP contribution >= 0.6 is 0 Å². The lowest BCUT2D eigenvalue weighted by Crippen LogP contribution is -2.43. The van der Waals surface area contributed by atoms with Gasteiger partial charge in [0.2, 0.25) is 0 Å². The van der Waals surface area contributed by atoms with E-state index in [1.54, 1.807) is 6.08 Å². The van der Waals surface area contributed by atoms with E-state index in [0.29, 0.717) is 6.42 Å². The van der Waals surface area contributed by atoms with E-state index in [4.69, 9.17) is 18.6 Å². The Labute approximate surface area is 204 Å². The summed E-state index contributed by atoms with van der Waals surface area (Å²) in [6, 6.07) is 0. The van der Waals surface area contributed by atoms with Gasteiger partial charge in [-0.1, -0.05) is 65.5 Å². The molecule has 0 aromatic carbocycles. The molecule has 4 atom stereocenters. The summed E-state index contributed by atoms with van der Waals surface area (Å²) in [5.74, 6) is -0.947. The molecule has 1 fully saturated rings. The fourth-order valence-corrected chi connectivity index (χ4v) is 5.12. The topological polar surface area (TPSA) is 54.0 Å². The van der Waals surface area contributed by atoms with Gasteiger partial charge < -0.3 is 18.6 Å². The van der Waals surface area contributed by atoms with E-state index in [2.05, 4.69) is 53.9 Å². The van der Waals surface area contributed by atoms with E-state index in [1.807, 2.05) is 19.9 Å². The van der Waals surface area contributed by atoms with Crippen LogP contribution in [0.1, 0.15) is 92.9 Å². The quantitative estimate of drug-likeness (QED) is 0.106. The maximum Gasteiger partial charge on any atom is 0.306 e. The molecule has 1 rings (SSSR count). The van der Waals surface area contributed by atoms with Crippen molar-refractivity contribution in [1.29, 1.82) is 0 Å². The van der Waals surface area contributed by atoms with E-state index in [-0.39, 0.29) is 41.8 Å². The predicted octanol–water partition coefficient (Wildman–Crippen LogP) is 7.32. The van der Waals surface area contributed by atoms with Crippen molar-refractivity contribution in [3.8, 4) is 0 Å². The van der Waals surface area contributed by atoms with Crippen molar-refractivity contribution in [3.05, 3.63) is 25.3 Å². The Morgan fingerprint density at radius 3 is 2.27 bits per heavy atom. The zero-order valence-electron chi connectivity index (χ0n) is 22.6. The minimum Gasteiger partial charge on any atom is -0.459 e. The highest BCUT2D eigenvalue weighted by atomic mass is 28.4. The molecule has 0 N–H and O–H groups in total. The summed E-state index contributed by atoms with van der Waals surface area (Å²) in [5.41, 5.74) is 0. The van der Waals surface area contributed by atoms with Crippen LogP contribution in [0.2, 0.25) is 18.1 Å². The molecule has 192 valence electrons. The maximum atomic E-state index is 12.9. The highest BCUT2D eigenvalue weighted by Gasteiger charge is 2.45. The smallest absolute Gasteiger partial charge is 0.306 e. The molecule has 0 radical (unpaired) electrons. The van der Waals surface area contributed by atoms with Crippen LogP contribution in [0.25, 0.3) is 0 Å². The Balaban J connectivity index is 2.76. The fraction of sp³-hybridized carbons (Fsp3) is 0.815. The average Bonchev–Trinajstić information content (AvgIpc) is 3.03. The number of carbonyl (C=O) groups is 1. The number of rotatable bonds is 15. The molecule has 1 heterocycles. The minimum atomic E-state index is -1.94. The summed E-state index contributed by atoms with van der Waals surface area (Å²) >= 11 is 0. The van der Waals surface area contributed by atoms with Crippen molar-refractivity contribution in [1.82, 2.24) is 0 Å². The van der Waals surface area contributed by atoms with Gasteiger partial charge in [0.05, 0.1) is 6.10 Å². The molecular weight excluding hydrogens is 432 g/mol. The summed E-state index contributed by atoms with van der Waals surface area (Å²) in [7, 11) is -1.94. The van der Waals surface area contributed by atoms with Crippen LogP contribution in [0, 0.1) is 0 Å². The first-order valence-electron chi connectivity index (χ1n) is 12.7. The van der Waals surface area contributed by atoms with Crippen molar-refractivity contribution in [2.75, 3.05) is 0 Å². The number of unbranched alkanes of at least 4 members (excludes halogenated alkanes) is 4. The second-order valence-electron chi connectivity index (χ2n) is 11.2. The number of hydrogen-bond donors (Lipinski definition) is 0. The summed E-state index contributed by atoms with van der Waals surface area (Å²) < 4.78 is 24.5. The van der Waals surface area contributed by atoms with Gasteiger partial charge in [-0.15, -0.1) is 13.2 Å². The van der Waals surface area contributed by atoms with E-state index in [0.717, 1.165) is 19.3 Å². The van der Waals surface area contributed by atoms with Crippen molar-refractivity contribution in [2.24, 2.45) is 0 Å². The molecule has 1 aliphatic heterocycles. The van der Waals surface area contributed by atoms with E-state index >= 15 is 0 Å². The molecule has 1 saturated heterocycles. The number of hydrogen-bond acceptors (Lipinski definition) is 5. The van der Waals surface area contributed by atoms with Crippen LogP contribution in [0.3, 0.4) is 0 Å². The Morgan fingerprint density at radius 2 is 1.73 bits per heavy atom. The van der Waals surface area contributed by atoms with Crippen molar-refractivity contribution in [3.63, 3.8) is 0 Å². The molecule has 0 aliphatic carbocycles. The van der Waals surface area contributed by atoms with Crippen LogP contribution in [0.5, 0.6) is 0 Å². The van der Waals surface area contributed by atoms with E-state index < -0.39 is 14.1 Å². The van der Waals surface area contributed by atoms with Gasteiger partial charge in [-0.05, 0) is 51.2 Å². The molecule has 0 unspecified atom stereocenters. The number of carbonyl (C=O) groups excluding carboxylic acids is 1. The molecule has 0 spiro atoms. The molecule has 0 aromatic rings. The lowest BCUT2D eigenvalue weighted by atomic mass is 10.0. The normalized spacial score (nSPS) is 22.5. The van der Waals surface area contributed by atoms with E-state index in [1.165, 1.54) is 19.3 Å². The fourth-order valence-electron chi connectivity index (χ4n) is 3.79. The summed E-state index contributed by atoms with van der Waals surface area (Å²) in [6.07, 6.45) is 9.76. The third kappa shape index (κ3) is 10.1. The van der Waals surface area contributed by atoms with Gasteiger partial charge in [-0.3, -0.25) is 4.79 Å². The third-order valence-corrected chi connectivity index (χ3v) is 11.3. The molecule has 0 saturated carbocycles. The molecular formula is C27H50O5Si. The second-order valence-corrected chi connectivity index (χ2v) is 16.0. The highest BCUT2D eigenvalue weighted by molar-refractivity contribution is 6.74.